The van der Waals surface area contributed by atoms with Gasteiger partial charge in [0.25, 0.3) is 0 Å². The number of carbonyl (C=O) groups excluding carboxylic acids is 1. The number of nitrogens with zero attached hydrogens (tertiary/aromatic N) is 4. The Labute approximate surface area is 123 Å². The van der Waals surface area contributed by atoms with Gasteiger partial charge in [-0.05, 0) is 23.8 Å². The highest BCUT2D eigenvalue weighted by atomic mass is 16.1. The molecule has 2 heterocycles. The van der Waals surface area contributed by atoms with Gasteiger partial charge in [0.1, 0.15) is 5.69 Å². The van der Waals surface area contributed by atoms with Crippen molar-refractivity contribution in [3.05, 3.63) is 54.1 Å². The van der Waals surface area contributed by atoms with Crippen LogP contribution in [0.4, 0.5) is 5.69 Å². The van der Waals surface area contributed by atoms with E-state index in [0.717, 1.165) is 11.3 Å². The van der Waals surface area contributed by atoms with Gasteiger partial charge in [-0.2, -0.15) is 5.26 Å². The number of rotatable bonds is 6. The highest BCUT2D eigenvalue weighted by Crippen LogP contribution is 2.17. The zero-order valence-electron chi connectivity index (χ0n) is 11.9. The van der Waals surface area contributed by atoms with Gasteiger partial charge in [0.15, 0.2) is 5.78 Å². The Morgan fingerprint density at radius 1 is 1.33 bits per heavy atom. The van der Waals surface area contributed by atoms with E-state index in [1.807, 2.05) is 18.2 Å². The lowest BCUT2D eigenvalue weighted by Crippen LogP contribution is -2.24. The molecule has 0 aliphatic rings. The highest BCUT2D eigenvalue weighted by Gasteiger charge is 2.09. The fourth-order valence-corrected chi connectivity index (χ4v) is 1.98. The molecule has 106 valence electrons. The molecule has 0 aromatic carbocycles. The average Bonchev–Trinajstić information content (AvgIpc) is 2.52. The molecule has 5 nitrogen and oxygen atoms in total. The van der Waals surface area contributed by atoms with Gasteiger partial charge in [-0.15, -0.1) is 0 Å². The molecule has 0 amide bonds. The first-order valence-corrected chi connectivity index (χ1v) is 6.68. The topological polar surface area (TPSA) is 69.9 Å². The van der Waals surface area contributed by atoms with E-state index in [1.165, 1.54) is 6.92 Å². The molecular weight excluding hydrogens is 264 g/mol. The quantitative estimate of drug-likeness (QED) is 0.761. The minimum atomic E-state index is -0.0580. The van der Waals surface area contributed by atoms with Crippen molar-refractivity contribution >= 4 is 11.5 Å². The van der Waals surface area contributed by atoms with E-state index in [0.29, 0.717) is 25.2 Å². The Hall–Kier alpha value is -2.74. The van der Waals surface area contributed by atoms with E-state index >= 15 is 0 Å². The summed E-state index contributed by atoms with van der Waals surface area (Å²) in [6.45, 7) is 2.74. The molecule has 2 aromatic heterocycles. The molecule has 0 spiro atoms. The lowest BCUT2D eigenvalue weighted by Gasteiger charge is -2.23. The molecular formula is C16H16N4O. The Bertz CT molecular complexity index is 632. The van der Waals surface area contributed by atoms with Crippen molar-refractivity contribution in [1.29, 1.82) is 5.26 Å². The number of carbonyl (C=O) groups is 1. The molecule has 2 aromatic rings. The fraction of sp³-hybridized carbons (Fsp3) is 0.250. The van der Waals surface area contributed by atoms with Crippen LogP contribution in [0.1, 0.15) is 29.4 Å². The number of nitriles is 1. The molecule has 0 aliphatic carbocycles. The minimum Gasteiger partial charge on any atom is -0.365 e. The fourth-order valence-electron chi connectivity index (χ4n) is 1.98. The van der Waals surface area contributed by atoms with Crippen molar-refractivity contribution in [2.75, 3.05) is 11.4 Å². The predicted octanol–water partition coefficient (Wildman–Crippen LogP) is 2.60. The van der Waals surface area contributed by atoms with E-state index < -0.39 is 0 Å². The minimum absolute atomic E-state index is 0.0580. The van der Waals surface area contributed by atoms with Crippen molar-refractivity contribution in [1.82, 2.24) is 9.97 Å². The number of pyridine rings is 2. The van der Waals surface area contributed by atoms with Crippen molar-refractivity contribution in [3.8, 4) is 6.07 Å². The Balaban J connectivity index is 2.19. The Morgan fingerprint density at radius 3 is 2.76 bits per heavy atom. The first-order valence-electron chi connectivity index (χ1n) is 6.68. The highest BCUT2D eigenvalue weighted by molar-refractivity contribution is 5.92. The van der Waals surface area contributed by atoms with Crippen LogP contribution >= 0.6 is 0 Å². The number of ketones is 1. The van der Waals surface area contributed by atoms with Gasteiger partial charge >= 0.3 is 0 Å². The van der Waals surface area contributed by atoms with Gasteiger partial charge in [0.2, 0.25) is 0 Å². The SMILES string of the molecule is CC(=O)c1ccc(N(CCC#N)Cc2cccnc2)cn1. The van der Waals surface area contributed by atoms with E-state index in [9.17, 15) is 4.79 Å². The summed E-state index contributed by atoms with van der Waals surface area (Å²) in [5.74, 6) is -0.0580. The van der Waals surface area contributed by atoms with Crippen molar-refractivity contribution in [3.63, 3.8) is 0 Å². The smallest absolute Gasteiger partial charge is 0.178 e. The van der Waals surface area contributed by atoms with Gasteiger partial charge in [0, 0.05) is 32.4 Å². The maximum atomic E-state index is 11.3. The molecule has 0 unspecified atom stereocenters. The number of Topliss-reactive ketones (excluding diaryl/α,β-unsaturated/α-hetero) is 1. The largest absolute Gasteiger partial charge is 0.365 e. The summed E-state index contributed by atoms with van der Waals surface area (Å²) in [6.07, 6.45) is 5.63. The molecule has 0 saturated carbocycles. The summed E-state index contributed by atoms with van der Waals surface area (Å²) in [4.78, 5) is 21.6. The van der Waals surface area contributed by atoms with E-state index in [4.69, 9.17) is 5.26 Å². The monoisotopic (exact) mass is 280 g/mol. The number of hydrogen-bond donors (Lipinski definition) is 0. The van der Waals surface area contributed by atoms with Crippen molar-refractivity contribution < 1.29 is 4.79 Å². The second-order valence-electron chi connectivity index (χ2n) is 4.65. The average molecular weight is 280 g/mol. The molecule has 0 atom stereocenters. The lowest BCUT2D eigenvalue weighted by atomic mass is 10.2. The van der Waals surface area contributed by atoms with Crippen LogP contribution in [-0.2, 0) is 6.54 Å². The molecule has 0 radical (unpaired) electrons. The molecule has 2 rings (SSSR count). The van der Waals surface area contributed by atoms with Gasteiger partial charge < -0.3 is 4.90 Å². The lowest BCUT2D eigenvalue weighted by molar-refractivity contribution is 0.101. The zero-order chi connectivity index (χ0) is 15.1. The molecule has 5 heteroatoms. The van der Waals surface area contributed by atoms with Crippen LogP contribution in [0.2, 0.25) is 0 Å². The maximum Gasteiger partial charge on any atom is 0.178 e. The first-order chi connectivity index (χ1) is 10.2. The molecule has 0 saturated heterocycles. The van der Waals surface area contributed by atoms with Gasteiger partial charge in [0.05, 0.1) is 24.4 Å². The number of hydrogen-bond acceptors (Lipinski definition) is 5. The Morgan fingerprint density at radius 2 is 2.19 bits per heavy atom. The van der Waals surface area contributed by atoms with Crippen molar-refractivity contribution in [2.24, 2.45) is 0 Å². The third kappa shape index (κ3) is 4.11. The number of aromatic nitrogens is 2. The standard InChI is InChI=1S/C16H16N4O/c1-13(21)16-6-5-15(11-19-16)20(9-3-7-17)12-14-4-2-8-18-10-14/h2,4-6,8,10-11H,3,9,12H2,1H3. The third-order valence-corrected chi connectivity index (χ3v) is 3.06. The maximum absolute atomic E-state index is 11.3. The van der Waals surface area contributed by atoms with Gasteiger partial charge in [-0.1, -0.05) is 6.07 Å². The predicted molar refractivity (Wildman–Crippen MR) is 79.8 cm³/mol. The summed E-state index contributed by atoms with van der Waals surface area (Å²) >= 11 is 0. The van der Waals surface area contributed by atoms with E-state index in [1.54, 1.807) is 24.7 Å². The molecule has 0 aliphatic heterocycles. The van der Waals surface area contributed by atoms with Gasteiger partial charge in [-0.3, -0.25) is 14.8 Å². The molecule has 0 fully saturated rings. The first kappa shape index (κ1) is 14.7. The van der Waals surface area contributed by atoms with Crippen LogP contribution in [0.5, 0.6) is 0 Å². The number of anilines is 1. The van der Waals surface area contributed by atoms with Crippen LogP contribution < -0.4 is 4.90 Å². The van der Waals surface area contributed by atoms with Crippen LogP contribution in [0.25, 0.3) is 0 Å². The summed E-state index contributed by atoms with van der Waals surface area (Å²) in [5.41, 5.74) is 2.39. The summed E-state index contributed by atoms with van der Waals surface area (Å²) in [6, 6.07) is 9.59. The van der Waals surface area contributed by atoms with Crippen LogP contribution in [0.15, 0.2) is 42.9 Å². The molecule has 0 N–H and O–H groups in total. The third-order valence-electron chi connectivity index (χ3n) is 3.06. The van der Waals surface area contributed by atoms with Crippen LogP contribution in [-0.4, -0.2) is 22.3 Å². The summed E-state index contributed by atoms with van der Waals surface area (Å²) in [7, 11) is 0. The zero-order valence-corrected chi connectivity index (χ0v) is 11.9. The van der Waals surface area contributed by atoms with Crippen molar-refractivity contribution in [2.45, 2.75) is 19.9 Å². The normalized spacial score (nSPS) is 9.90. The van der Waals surface area contributed by atoms with E-state index in [2.05, 4.69) is 20.9 Å². The van der Waals surface area contributed by atoms with E-state index in [-0.39, 0.29) is 5.78 Å². The van der Waals surface area contributed by atoms with Crippen LogP contribution in [0.3, 0.4) is 0 Å². The van der Waals surface area contributed by atoms with Crippen LogP contribution in [0, 0.1) is 11.3 Å². The second-order valence-corrected chi connectivity index (χ2v) is 4.65. The molecule has 0 bridgehead atoms. The van der Waals surface area contributed by atoms with Gasteiger partial charge in [-0.25, -0.2) is 0 Å². The summed E-state index contributed by atoms with van der Waals surface area (Å²) < 4.78 is 0. The second kappa shape index (κ2) is 7.15. The molecule has 21 heavy (non-hydrogen) atoms. The Kier molecular flexibility index (Phi) is 4.99. The summed E-state index contributed by atoms with van der Waals surface area (Å²) in [5, 5.41) is 8.80.